The summed E-state index contributed by atoms with van der Waals surface area (Å²) in [6.45, 7) is 1.63. The van der Waals surface area contributed by atoms with Crippen molar-refractivity contribution >= 4 is 11.6 Å². The third kappa shape index (κ3) is 2.64. The molecule has 2 aromatic rings. The lowest BCUT2D eigenvalue weighted by molar-refractivity contribution is -0.117. The van der Waals surface area contributed by atoms with E-state index in [1.165, 1.54) is 11.0 Å². The first-order chi connectivity index (χ1) is 8.16. The molecule has 1 aromatic heterocycles. The van der Waals surface area contributed by atoms with Crippen molar-refractivity contribution in [2.45, 2.75) is 13.0 Å². The van der Waals surface area contributed by atoms with Crippen LogP contribution in [0.15, 0.2) is 30.6 Å². The molecule has 2 rings (SSSR count). The Morgan fingerprint density at radius 1 is 1.41 bits per heavy atom. The number of nitrogens with two attached hydrogens (primary N) is 1. The maximum atomic E-state index is 11.4. The monoisotopic (exact) mass is 232 g/mol. The number of nitrogens with one attached hydrogen (secondary N) is 1. The molecule has 1 heterocycles. The number of hydrogen-bond acceptors (Lipinski definition) is 5. The summed E-state index contributed by atoms with van der Waals surface area (Å²) in [6, 6.07) is 6.59. The molecule has 0 unspecified atom stereocenters. The molecule has 0 aliphatic heterocycles. The van der Waals surface area contributed by atoms with E-state index in [-0.39, 0.29) is 5.91 Å². The van der Waals surface area contributed by atoms with Gasteiger partial charge in [-0.1, -0.05) is 0 Å². The Morgan fingerprint density at radius 2 is 2.12 bits per heavy atom. The van der Waals surface area contributed by atoms with Gasteiger partial charge in [-0.3, -0.25) is 4.79 Å². The van der Waals surface area contributed by atoms with Crippen molar-refractivity contribution in [1.82, 2.24) is 20.2 Å². The first-order valence-electron chi connectivity index (χ1n) is 5.06. The van der Waals surface area contributed by atoms with Gasteiger partial charge in [-0.25, -0.2) is 4.68 Å². The molecule has 0 spiro atoms. The van der Waals surface area contributed by atoms with E-state index in [1.807, 2.05) is 0 Å². The van der Waals surface area contributed by atoms with Crippen molar-refractivity contribution in [3.63, 3.8) is 0 Å². The van der Waals surface area contributed by atoms with Crippen LogP contribution in [-0.2, 0) is 4.79 Å². The second-order valence-electron chi connectivity index (χ2n) is 3.58. The fourth-order valence-electron chi connectivity index (χ4n) is 1.23. The predicted molar refractivity (Wildman–Crippen MR) is 61.4 cm³/mol. The van der Waals surface area contributed by atoms with Gasteiger partial charge in [0.15, 0.2) is 0 Å². The van der Waals surface area contributed by atoms with Crippen LogP contribution in [0, 0.1) is 0 Å². The highest BCUT2D eigenvalue weighted by atomic mass is 16.2. The lowest BCUT2D eigenvalue weighted by Gasteiger charge is -2.08. The second kappa shape index (κ2) is 4.71. The molecule has 3 N–H and O–H groups in total. The van der Waals surface area contributed by atoms with Crippen LogP contribution in [0.2, 0.25) is 0 Å². The van der Waals surface area contributed by atoms with Crippen LogP contribution < -0.4 is 11.1 Å². The Morgan fingerprint density at radius 3 is 2.65 bits per heavy atom. The van der Waals surface area contributed by atoms with Gasteiger partial charge in [0.05, 0.1) is 11.7 Å². The molecule has 17 heavy (non-hydrogen) atoms. The van der Waals surface area contributed by atoms with E-state index >= 15 is 0 Å². The van der Waals surface area contributed by atoms with E-state index in [2.05, 4.69) is 20.8 Å². The zero-order valence-electron chi connectivity index (χ0n) is 9.24. The standard InChI is InChI=1S/C10H12N6O/c1-7(11)10(17)13-8-2-4-9(5-3-8)16-6-12-14-15-16/h2-7H,11H2,1H3,(H,13,17)/t7-/m0/s1. The summed E-state index contributed by atoms with van der Waals surface area (Å²) >= 11 is 0. The van der Waals surface area contributed by atoms with Gasteiger partial charge >= 0.3 is 0 Å². The largest absolute Gasteiger partial charge is 0.325 e. The summed E-state index contributed by atoms with van der Waals surface area (Å²) in [7, 11) is 0. The van der Waals surface area contributed by atoms with Gasteiger partial charge in [-0.2, -0.15) is 0 Å². The van der Waals surface area contributed by atoms with Gasteiger partial charge in [0, 0.05) is 5.69 Å². The molecule has 0 radical (unpaired) electrons. The van der Waals surface area contributed by atoms with E-state index in [1.54, 1.807) is 31.2 Å². The van der Waals surface area contributed by atoms with Crippen molar-refractivity contribution in [3.05, 3.63) is 30.6 Å². The predicted octanol–water partition coefficient (Wildman–Crippen LogP) is -0.0520. The molecule has 7 heteroatoms. The molecule has 7 nitrogen and oxygen atoms in total. The summed E-state index contributed by atoms with van der Waals surface area (Å²) in [5.41, 5.74) is 6.95. The molecule has 1 aromatic carbocycles. The third-order valence-corrected chi connectivity index (χ3v) is 2.16. The van der Waals surface area contributed by atoms with Gasteiger partial charge in [-0.15, -0.1) is 5.10 Å². The second-order valence-corrected chi connectivity index (χ2v) is 3.58. The number of aromatic nitrogens is 4. The van der Waals surface area contributed by atoms with Crippen LogP contribution >= 0.6 is 0 Å². The minimum atomic E-state index is -0.533. The molecule has 1 amide bonds. The summed E-state index contributed by atoms with van der Waals surface area (Å²) in [4.78, 5) is 11.4. The lowest BCUT2D eigenvalue weighted by atomic mass is 10.2. The Hall–Kier alpha value is -2.28. The Bertz CT molecular complexity index is 490. The van der Waals surface area contributed by atoms with Crippen molar-refractivity contribution in [2.24, 2.45) is 5.73 Å². The van der Waals surface area contributed by atoms with E-state index in [4.69, 9.17) is 5.73 Å². The van der Waals surface area contributed by atoms with Gasteiger partial charge in [0.1, 0.15) is 6.33 Å². The van der Waals surface area contributed by atoms with E-state index in [9.17, 15) is 4.79 Å². The molecule has 1 atom stereocenters. The van der Waals surface area contributed by atoms with E-state index in [0.29, 0.717) is 5.69 Å². The highest BCUT2D eigenvalue weighted by Crippen LogP contribution is 2.11. The van der Waals surface area contributed by atoms with Crippen LogP contribution in [0.1, 0.15) is 6.92 Å². The lowest BCUT2D eigenvalue weighted by Crippen LogP contribution is -2.32. The zero-order valence-corrected chi connectivity index (χ0v) is 9.24. The molecular weight excluding hydrogens is 220 g/mol. The number of amides is 1. The summed E-state index contributed by atoms with van der Waals surface area (Å²) in [6.07, 6.45) is 1.50. The molecule has 0 saturated carbocycles. The smallest absolute Gasteiger partial charge is 0.240 e. The topological polar surface area (TPSA) is 98.7 Å². The highest BCUT2D eigenvalue weighted by molar-refractivity contribution is 5.94. The molecule has 0 saturated heterocycles. The number of anilines is 1. The fraction of sp³-hybridized carbons (Fsp3) is 0.200. The van der Waals surface area contributed by atoms with E-state index < -0.39 is 6.04 Å². The molecule has 0 bridgehead atoms. The quantitative estimate of drug-likeness (QED) is 0.772. The number of carbonyl (C=O) groups excluding carboxylic acids is 1. The van der Waals surface area contributed by atoms with Crippen molar-refractivity contribution in [3.8, 4) is 5.69 Å². The number of tetrazole rings is 1. The maximum Gasteiger partial charge on any atom is 0.240 e. The first kappa shape index (κ1) is 11.2. The summed E-state index contributed by atoms with van der Waals surface area (Å²) < 4.78 is 1.52. The van der Waals surface area contributed by atoms with Crippen molar-refractivity contribution in [1.29, 1.82) is 0 Å². The molecular formula is C10H12N6O. The Labute approximate surface area is 97.6 Å². The van der Waals surface area contributed by atoms with Crippen LogP contribution in [-0.4, -0.2) is 32.2 Å². The fourth-order valence-corrected chi connectivity index (χ4v) is 1.23. The normalized spacial score (nSPS) is 12.1. The van der Waals surface area contributed by atoms with Crippen molar-refractivity contribution in [2.75, 3.05) is 5.32 Å². The van der Waals surface area contributed by atoms with Crippen LogP contribution in [0.5, 0.6) is 0 Å². The average Bonchev–Trinajstić information content (AvgIpc) is 2.83. The highest BCUT2D eigenvalue weighted by Gasteiger charge is 2.07. The molecule has 88 valence electrons. The minimum absolute atomic E-state index is 0.222. The maximum absolute atomic E-state index is 11.4. The third-order valence-electron chi connectivity index (χ3n) is 2.16. The Balaban J connectivity index is 2.11. The number of nitrogens with zero attached hydrogens (tertiary/aromatic N) is 4. The summed E-state index contributed by atoms with van der Waals surface area (Å²) in [5.74, 6) is -0.222. The van der Waals surface area contributed by atoms with Gasteiger partial charge in [-0.05, 0) is 41.6 Å². The average molecular weight is 232 g/mol. The van der Waals surface area contributed by atoms with Gasteiger partial charge < -0.3 is 11.1 Å². The van der Waals surface area contributed by atoms with Crippen LogP contribution in [0.3, 0.4) is 0 Å². The van der Waals surface area contributed by atoms with E-state index in [0.717, 1.165) is 5.69 Å². The molecule has 0 fully saturated rings. The number of rotatable bonds is 3. The van der Waals surface area contributed by atoms with Crippen molar-refractivity contribution < 1.29 is 4.79 Å². The number of carbonyl (C=O) groups is 1. The number of hydrogen-bond donors (Lipinski definition) is 2. The molecule has 0 aliphatic rings. The number of benzene rings is 1. The minimum Gasteiger partial charge on any atom is -0.325 e. The Kier molecular flexibility index (Phi) is 3.10. The first-order valence-corrected chi connectivity index (χ1v) is 5.06. The summed E-state index contributed by atoms with van der Waals surface area (Å²) in [5, 5.41) is 13.5. The van der Waals surface area contributed by atoms with Gasteiger partial charge in [0.2, 0.25) is 5.91 Å². The zero-order chi connectivity index (χ0) is 12.3. The molecule has 0 aliphatic carbocycles. The van der Waals surface area contributed by atoms with Crippen LogP contribution in [0.4, 0.5) is 5.69 Å². The van der Waals surface area contributed by atoms with Gasteiger partial charge in [0.25, 0.3) is 0 Å². The van der Waals surface area contributed by atoms with Crippen LogP contribution in [0.25, 0.3) is 5.69 Å². The SMILES string of the molecule is C[C@H](N)C(=O)Nc1ccc(-n2cnnn2)cc1.